The van der Waals surface area contributed by atoms with Crippen LogP contribution in [0.5, 0.6) is 0 Å². The van der Waals surface area contributed by atoms with Crippen molar-refractivity contribution >= 4 is 0 Å². The maximum atomic E-state index is 4.01. The third-order valence-electron chi connectivity index (χ3n) is 1.46. The maximum Gasteiger partial charge on any atom is 0.228 e. The second-order valence-electron chi connectivity index (χ2n) is 2.61. The van der Waals surface area contributed by atoms with E-state index in [-0.39, 0.29) is 0 Å². The summed E-state index contributed by atoms with van der Waals surface area (Å²) in [6.45, 7) is 4.25. The predicted molar refractivity (Wildman–Crippen MR) is 37.3 cm³/mol. The maximum absolute atomic E-state index is 4.01. The van der Waals surface area contributed by atoms with Crippen molar-refractivity contribution in [2.24, 2.45) is 7.05 Å². The van der Waals surface area contributed by atoms with Crippen LogP contribution in [0.4, 0.5) is 0 Å². The smallest absolute Gasteiger partial charge is 0.228 e. The van der Waals surface area contributed by atoms with Crippen LogP contribution in [0.25, 0.3) is 0 Å². The average Bonchev–Trinajstić information content (AvgIpc) is 1.88. The van der Waals surface area contributed by atoms with Crippen molar-refractivity contribution in [1.82, 2.24) is 10.1 Å². The van der Waals surface area contributed by atoms with Gasteiger partial charge in [-0.05, 0) is 0 Å². The number of hydrogen-bond acceptors (Lipinski definition) is 2. The van der Waals surface area contributed by atoms with Crippen molar-refractivity contribution in [2.45, 2.75) is 19.8 Å². The molecule has 0 spiro atoms. The Labute approximate surface area is 60.7 Å². The fourth-order valence-electron chi connectivity index (χ4n) is 0.890. The molecule has 0 fully saturated rings. The highest BCUT2D eigenvalue weighted by molar-refractivity contribution is 4.90. The van der Waals surface area contributed by atoms with Gasteiger partial charge in [-0.15, -0.1) is 0 Å². The second kappa shape index (κ2) is 2.73. The largest absolute Gasteiger partial charge is 0.232 e. The van der Waals surface area contributed by atoms with E-state index in [1.165, 1.54) is 0 Å². The normalized spacial score (nSPS) is 10.4. The summed E-state index contributed by atoms with van der Waals surface area (Å²) in [5.74, 6) is 0.492. The molecule has 0 aliphatic carbocycles. The van der Waals surface area contributed by atoms with E-state index in [1.807, 2.05) is 17.9 Å². The Balaban J connectivity index is 3.03. The molecule has 0 N–H and O–H groups in total. The lowest BCUT2D eigenvalue weighted by molar-refractivity contribution is -0.739. The molecule has 0 unspecified atom stereocenters. The standard InChI is InChI=1S/C7H12N3/c1-6(2)7-4-8-5-9-10(7)3/h4-6H,1-3H3/q+1. The lowest BCUT2D eigenvalue weighted by Gasteiger charge is -1.97. The second-order valence-corrected chi connectivity index (χ2v) is 2.61. The lowest BCUT2D eigenvalue weighted by atomic mass is 10.1. The zero-order chi connectivity index (χ0) is 7.56. The number of nitrogens with zero attached hydrogens (tertiary/aromatic N) is 3. The molecule has 0 aliphatic rings. The molecule has 0 saturated carbocycles. The molecule has 1 aromatic heterocycles. The van der Waals surface area contributed by atoms with Crippen LogP contribution in [0.1, 0.15) is 25.5 Å². The highest BCUT2D eigenvalue weighted by Crippen LogP contribution is 2.04. The minimum absolute atomic E-state index is 0.492. The van der Waals surface area contributed by atoms with Crippen molar-refractivity contribution in [2.75, 3.05) is 0 Å². The summed E-state index contributed by atoms with van der Waals surface area (Å²) in [5, 5.41) is 4.01. The van der Waals surface area contributed by atoms with Crippen LogP contribution < -0.4 is 4.68 Å². The molecule has 0 aliphatic heterocycles. The van der Waals surface area contributed by atoms with Crippen molar-refractivity contribution < 1.29 is 4.68 Å². The van der Waals surface area contributed by atoms with E-state index in [9.17, 15) is 0 Å². The summed E-state index contributed by atoms with van der Waals surface area (Å²) in [5.41, 5.74) is 1.16. The molecular weight excluding hydrogens is 126 g/mol. The van der Waals surface area contributed by atoms with E-state index in [0.717, 1.165) is 5.69 Å². The van der Waals surface area contributed by atoms with Gasteiger partial charge in [0.25, 0.3) is 0 Å². The van der Waals surface area contributed by atoms with Gasteiger partial charge >= 0.3 is 0 Å². The molecule has 0 aromatic carbocycles. The zero-order valence-corrected chi connectivity index (χ0v) is 6.57. The van der Waals surface area contributed by atoms with Gasteiger partial charge < -0.3 is 0 Å². The van der Waals surface area contributed by atoms with Crippen molar-refractivity contribution in [1.29, 1.82) is 0 Å². The number of aromatic nitrogens is 3. The molecule has 3 heteroatoms. The molecule has 54 valence electrons. The van der Waals surface area contributed by atoms with Crippen LogP contribution in [0.2, 0.25) is 0 Å². The topological polar surface area (TPSA) is 29.7 Å². The van der Waals surface area contributed by atoms with E-state index < -0.39 is 0 Å². The molecular formula is C7H12N3+. The van der Waals surface area contributed by atoms with Gasteiger partial charge in [-0.1, -0.05) is 18.5 Å². The van der Waals surface area contributed by atoms with E-state index in [0.29, 0.717) is 5.92 Å². The summed E-state index contributed by atoms with van der Waals surface area (Å²) >= 11 is 0. The molecule has 0 saturated heterocycles. The van der Waals surface area contributed by atoms with Gasteiger partial charge in [0.05, 0.1) is 6.20 Å². The Kier molecular flexibility index (Phi) is 1.94. The van der Waals surface area contributed by atoms with E-state index >= 15 is 0 Å². The van der Waals surface area contributed by atoms with Crippen LogP contribution in [0.3, 0.4) is 0 Å². The Morgan fingerprint density at radius 3 is 2.60 bits per heavy atom. The van der Waals surface area contributed by atoms with Crippen molar-refractivity contribution in [3.05, 3.63) is 18.2 Å². The number of aryl methyl sites for hydroxylation is 1. The Bertz CT molecular complexity index is 220. The monoisotopic (exact) mass is 138 g/mol. The Morgan fingerprint density at radius 2 is 2.20 bits per heavy atom. The van der Waals surface area contributed by atoms with Gasteiger partial charge in [0.1, 0.15) is 0 Å². The van der Waals surface area contributed by atoms with E-state index in [4.69, 9.17) is 0 Å². The molecule has 1 heterocycles. The Morgan fingerprint density at radius 1 is 1.50 bits per heavy atom. The van der Waals surface area contributed by atoms with Crippen molar-refractivity contribution in [3.63, 3.8) is 0 Å². The summed E-state index contributed by atoms with van der Waals surface area (Å²) < 4.78 is 1.84. The number of rotatable bonds is 1. The first-order valence-corrected chi connectivity index (χ1v) is 3.38. The third kappa shape index (κ3) is 1.29. The molecule has 10 heavy (non-hydrogen) atoms. The van der Waals surface area contributed by atoms with E-state index in [1.54, 1.807) is 6.33 Å². The van der Waals surface area contributed by atoms with Crippen LogP contribution in [0, 0.1) is 0 Å². The van der Waals surface area contributed by atoms with Crippen LogP contribution >= 0.6 is 0 Å². The zero-order valence-electron chi connectivity index (χ0n) is 6.57. The average molecular weight is 138 g/mol. The molecule has 0 amide bonds. The molecule has 3 nitrogen and oxygen atoms in total. The SMILES string of the molecule is CC(C)c1cncn[n+]1C. The van der Waals surface area contributed by atoms with Gasteiger partial charge in [0, 0.05) is 11.0 Å². The third-order valence-corrected chi connectivity index (χ3v) is 1.46. The fourth-order valence-corrected chi connectivity index (χ4v) is 0.890. The first-order valence-electron chi connectivity index (χ1n) is 3.38. The van der Waals surface area contributed by atoms with E-state index in [2.05, 4.69) is 23.9 Å². The van der Waals surface area contributed by atoms with Gasteiger partial charge in [0.15, 0.2) is 13.4 Å². The summed E-state index contributed by atoms with van der Waals surface area (Å²) in [6, 6.07) is 0. The minimum Gasteiger partial charge on any atom is -0.232 e. The highest BCUT2D eigenvalue weighted by Gasteiger charge is 2.10. The fraction of sp³-hybridized carbons (Fsp3) is 0.571. The molecule has 0 atom stereocenters. The molecule has 1 rings (SSSR count). The quantitative estimate of drug-likeness (QED) is 0.526. The first kappa shape index (κ1) is 7.12. The van der Waals surface area contributed by atoms with Crippen LogP contribution in [-0.2, 0) is 7.05 Å². The lowest BCUT2D eigenvalue weighted by Crippen LogP contribution is -2.38. The first-order chi connectivity index (χ1) is 4.72. The van der Waals surface area contributed by atoms with Crippen LogP contribution in [0.15, 0.2) is 12.5 Å². The summed E-state index contributed by atoms with van der Waals surface area (Å²) in [7, 11) is 1.93. The van der Waals surface area contributed by atoms with Gasteiger partial charge in [0.2, 0.25) is 5.69 Å². The van der Waals surface area contributed by atoms with Crippen molar-refractivity contribution in [3.8, 4) is 0 Å². The molecule has 0 radical (unpaired) electrons. The Hall–Kier alpha value is -0.990. The minimum atomic E-state index is 0.492. The predicted octanol–water partition coefficient (Wildman–Crippen LogP) is 0.424. The van der Waals surface area contributed by atoms with Gasteiger partial charge in [-0.25, -0.2) is 4.98 Å². The van der Waals surface area contributed by atoms with Gasteiger partial charge in [-0.3, -0.25) is 0 Å². The molecule has 0 bridgehead atoms. The molecule has 1 aromatic rings. The summed E-state index contributed by atoms with van der Waals surface area (Å²) in [4.78, 5) is 3.93. The van der Waals surface area contributed by atoms with Crippen LogP contribution in [-0.4, -0.2) is 10.1 Å². The number of hydrogen-bond donors (Lipinski definition) is 0. The van der Waals surface area contributed by atoms with Gasteiger partial charge in [-0.2, -0.15) is 0 Å². The highest BCUT2D eigenvalue weighted by atomic mass is 15.3. The summed E-state index contributed by atoms with van der Waals surface area (Å²) in [6.07, 6.45) is 3.39.